The first-order valence-corrected chi connectivity index (χ1v) is 8.63. The van der Waals surface area contributed by atoms with Crippen LogP contribution in [0.3, 0.4) is 0 Å². The largest absolute Gasteiger partial charge is 0.378 e. The van der Waals surface area contributed by atoms with E-state index in [1.165, 1.54) is 11.3 Å². The van der Waals surface area contributed by atoms with E-state index >= 15 is 0 Å². The molecule has 1 fully saturated rings. The number of rotatable bonds is 7. The maximum atomic E-state index is 6.15. The normalized spacial score (nSPS) is 27.1. The van der Waals surface area contributed by atoms with Crippen LogP contribution in [0.1, 0.15) is 37.5 Å². The van der Waals surface area contributed by atoms with Crippen LogP contribution in [-0.4, -0.2) is 43.3 Å². The zero-order valence-corrected chi connectivity index (χ0v) is 13.6. The molecule has 1 aromatic rings. The summed E-state index contributed by atoms with van der Waals surface area (Å²) in [5, 5.41) is 2.15. The Balaban J connectivity index is 1.94. The van der Waals surface area contributed by atoms with Crippen LogP contribution in [-0.2, 0) is 11.2 Å². The summed E-state index contributed by atoms with van der Waals surface area (Å²) in [6, 6.07) is 4.35. The first-order valence-electron chi connectivity index (χ1n) is 7.75. The molecule has 2 atom stereocenters. The molecule has 2 unspecified atom stereocenters. The van der Waals surface area contributed by atoms with Gasteiger partial charge in [0.25, 0.3) is 0 Å². The highest BCUT2D eigenvalue weighted by molar-refractivity contribution is 7.09. The van der Waals surface area contributed by atoms with E-state index in [2.05, 4.69) is 36.4 Å². The predicted octanol–water partition coefficient (Wildman–Crippen LogP) is 2.90. The van der Waals surface area contributed by atoms with E-state index in [0.29, 0.717) is 6.10 Å². The molecule has 0 aliphatic carbocycles. The van der Waals surface area contributed by atoms with Gasteiger partial charge in [0.05, 0.1) is 6.10 Å². The Morgan fingerprint density at radius 1 is 1.55 bits per heavy atom. The molecule has 0 bridgehead atoms. The van der Waals surface area contributed by atoms with Crippen molar-refractivity contribution in [3.8, 4) is 0 Å². The van der Waals surface area contributed by atoms with E-state index in [1.54, 1.807) is 0 Å². The number of nitrogens with two attached hydrogens (primary N) is 1. The second kappa shape index (κ2) is 7.55. The minimum Gasteiger partial charge on any atom is -0.378 e. The zero-order valence-electron chi connectivity index (χ0n) is 12.8. The van der Waals surface area contributed by atoms with Gasteiger partial charge in [0.15, 0.2) is 0 Å². The van der Waals surface area contributed by atoms with Crippen LogP contribution in [0.25, 0.3) is 0 Å². The summed E-state index contributed by atoms with van der Waals surface area (Å²) in [5.41, 5.74) is 6.29. The molecular weight excluding hydrogens is 268 g/mol. The molecular formula is C16H28N2OS. The van der Waals surface area contributed by atoms with Gasteiger partial charge < -0.3 is 10.5 Å². The van der Waals surface area contributed by atoms with Crippen molar-refractivity contribution in [2.45, 2.75) is 50.7 Å². The van der Waals surface area contributed by atoms with Gasteiger partial charge >= 0.3 is 0 Å². The van der Waals surface area contributed by atoms with E-state index in [1.807, 2.05) is 11.3 Å². The fourth-order valence-corrected chi connectivity index (χ4v) is 3.86. The standard InChI is InChI=1S/C16H28N2OS/c1-3-5-14-12-16(13-17,8-10-19-14)18(2)9-7-15-6-4-11-20-15/h4,6,11,14H,3,5,7-10,12-13,17H2,1-2H3. The van der Waals surface area contributed by atoms with Gasteiger partial charge in [-0.1, -0.05) is 19.4 Å². The highest BCUT2D eigenvalue weighted by Gasteiger charge is 2.38. The average molecular weight is 296 g/mol. The fraction of sp³-hybridized carbons (Fsp3) is 0.750. The zero-order chi connectivity index (χ0) is 14.4. The van der Waals surface area contributed by atoms with Gasteiger partial charge in [-0.05, 0) is 44.2 Å². The molecule has 0 spiro atoms. The molecule has 0 radical (unpaired) electrons. The molecule has 1 saturated heterocycles. The van der Waals surface area contributed by atoms with Crippen molar-refractivity contribution in [2.75, 3.05) is 26.7 Å². The summed E-state index contributed by atoms with van der Waals surface area (Å²) in [6.45, 7) is 4.89. The Morgan fingerprint density at radius 2 is 2.40 bits per heavy atom. The molecule has 0 saturated carbocycles. The Morgan fingerprint density at radius 3 is 3.05 bits per heavy atom. The maximum Gasteiger partial charge on any atom is 0.0593 e. The molecule has 1 aliphatic rings. The lowest BCUT2D eigenvalue weighted by Crippen LogP contribution is -2.57. The van der Waals surface area contributed by atoms with Crippen LogP contribution in [0.15, 0.2) is 17.5 Å². The number of hydrogen-bond donors (Lipinski definition) is 1. The molecule has 3 nitrogen and oxygen atoms in total. The summed E-state index contributed by atoms with van der Waals surface area (Å²) in [6.07, 6.45) is 5.99. The van der Waals surface area contributed by atoms with Crippen molar-refractivity contribution in [1.82, 2.24) is 4.90 Å². The molecule has 1 aliphatic heterocycles. The minimum atomic E-state index is 0.134. The lowest BCUT2D eigenvalue weighted by molar-refractivity contribution is -0.0664. The van der Waals surface area contributed by atoms with E-state index < -0.39 is 0 Å². The van der Waals surface area contributed by atoms with E-state index in [-0.39, 0.29) is 5.54 Å². The SMILES string of the molecule is CCCC1CC(CN)(N(C)CCc2cccs2)CCO1. The molecule has 1 aromatic heterocycles. The van der Waals surface area contributed by atoms with Crippen LogP contribution in [0.4, 0.5) is 0 Å². The lowest BCUT2D eigenvalue weighted by Gasteiger charge is -2.46. The average Bonchev–Trinajstić information content (AvgIpc) is 2.98. The van der Waals surface area contributed by atoms with Crippen molar-refractivity contribution >= 4 is 11.3 Å². The quantitative estimate of drug-likeness (QED) is 0.841. The van der Waals surface area contributed by atoms with Crippen LogP contribution in [0, 0.1) is 0 Å². The Hall–Kier alpha value is -0.420. The smallest absolute Gasteiger partial charge is 0.0593 e. The highest BCUT2D eigenvalue weighted by atomic mass is 32.1. The predicted molar refractivity (Wildman–Crippen MR) is 86.3 cm³/mol. The summed E-state index contributed by atoms with van der Waals surface area (Å²) < 4.78 is 5.90. The van der Waals surface area contributed by atoms with Gasteiger partial charge in [-0.25, -0.2) is 0 Å². The van der Waals surface area contributed by atoms with Gasteiger partial charge in [0, 0.05) is 30.1 Å². The van der Waals surface area contributed by atoms with Crippen LogP contribution in [0.2, 0.25) is 0 Å². The molecule has 0 amide bonds. The van der Waals surface area contributed by atoms with Gasteiger partial charge in [0.1, 0.15) is 0 Å². The number of likely N-dealkylation sites (N-methyl/N-ethyl adjacent to an activating group) is 1. The number of ether oxygens (including phenoxy) is 1. The van der Waals surface area contributed by atoms with Crippen molar-refractivity contribution in [2.24, 2.45) is 5.73 Å². The Labute approximate surface area is 127 Å². The monoisotopic (exact) mass is 296 g/mol. The van der Waals surface area contributed by atoms with E-state index in [9.17, 15) is 0 Å². The Bertz CT molecular complexity index is 380. The van der Waals surface area contributed by atoms with E-state index in [4.69, 9.17) is 10.5 Å². The van der Waals surface area contributed by atoms with Gasteiger partial charge in [-0.3, -0.25) is 4.90 Å². The van der Waals surface area contributed by atoms with Crippen molar-refractivity contribution in [1.29, 1.82) is 0 Å². The molecule has 0 aromatic carbocycles. The van der Waals surface area contributed by atoms with Crippen molar-refractivity contribution in [3.63, 3.8) is 0 Å². The molecule has 20 heavy (non-hydrogen) atoms. The molecule has 4 heteroatoms. The van der Waals surface area contributed by atoms with Gasteiger partial charge in [-0.15, -0.1) is 11.3 Å². The van der Waals surface area contributed by atoms with Crippen LogP contribution < -0.4 is 5.73 Å². The third kappa shape index (κ3) is 3.82. The van der Waals surface area contributed by atoms with Crippen LogP contribution in [0.5, 0.6) is 0 Å². The van der Waals surface area contributed by atoms with Gasteiger partial charge in [-0.2, -0.15) is 0 Å². The third-order valence-corrected chi connectivity index (χ3v) is 5.54. The number of nitrogens with zero attached hydrogens (tertiary/aromatic N) is 1. The highest BCUT2D eigenvalue weighted by Crippen LogP contribution is 2.31. The summed E-state index contributed by atoms with van der Waals surface area (Å²) in [5.74, 6) is 0. The second-order valence-corrected chi connectivity index (χ2v) is 6.95. The number of thiophene rings is 1. The number of hydrogen-bond acceptors (Lipinski definition) is 4. The second-order valence-electron chi connectivity index (χ2n) is 5.91. The lowest BCUT2D eigenvalue weighted by atomic mass is 9.83. The molecule has 2 heterocycles. The topological polar surface area (TPSA) is 38.5 Å². The third-order valence-electron chi connectivity index (χ3n) is 4.60. The summed E-state index contributed by atoms with van der Waals surface area (Å²) in [4.78, 5) is 3.94. The van der Waals surface area contributed by atoms with Crippen LogP contribution >= 0.6 is 11.3 Å². The minimum absolute atomic E-state index is 0.134. The van der Waals surface area contributed by atoms with Gasteiger partial charge in [0.2, 0.25) is 0 Å². The molecule has 114 valence electrons. The first-order chi connectivity index (χ1) is 9.70. The molecule has 2 N–H and O–H groups in total. The van der Waals surface area contributed by atoms with Crippen molar-refractivity contribution in [3.05, 3.63) is 22.4 Å². The summed E-state index contributed by atoms with van der Waals surface area (Å²) in [7, 11) is 2.23. The summed E-state index contributed by atoms with van der Waals surface area (Å²) >= 11 is 1.84. The van der Waals surface area contributed by atoms with E-state index in [0.717, 1.165) is 45.4 Å². The maximum absolute atomic E-state index is 6.15. The fourth-order valence-electron chi connectivity index (χ4n) is 3.17. The first kappa shape index (κ1) is 16.0. The Kier molecular flexibility index (Phi) is 6.02. The van der Waals surface area contributed by atoms with Crippen molar-refractivity contribution < 1.29 is 4.74 Å². The molecule has 2 rings (SSSR count).